The molecule has 0 radical (unpaired) electrons. The number of amides is 1. The summed E-state index contributed by atoms with van der Waals surface area (Å²) in [5, 5.41) is 16.1. The van der Waals surface area contributed by atoms with Gasteiger partial charge in [-0.05, 0) is 48.2 Å². The topological polar surface area (TPSA) is 201 Å². The second-order valence-electron chi connectivity index (χ2n) is 17.2. The summed E-state index contributed by atoms with van der Waals surface area (Å²) in [5.41, 5.74) is 3.42. The smallest absolute Gasteiger partial charge is 0.303 e. The van der Waals surface area contributed by atoms with E-state index in [1.807, 2.05) is 78.9 Å². The number of hydrogen-bond donors (Lipinski definition) is 3. The highest BCUT2D eigenvalue weighted by molar-refractivity contribution is 7.80. The lowest BCUT2D eigenvalue weighted by atomic mass is 9.84. The number of benzene rings is 3. The van der Waals surface area contributed by atoms with Crippen molar-refractivity contribution < 1.29 is 62.2 Å². The van der Waals surface area contributed by atoms with Crippen LogP contribution in [0.5, 0.6) is 0 Å². The fourth-order valence-electron chi connectivity index (χ4n) is 9.36. The number of carbonyl (C=O) groups is 5. The number of piperidine rings is 1. The number of esters is 4. The largest absolute Gasteiger partial charge is 0.463 e. The van der Waals surface area contributed by atoms with E-state index in [2.05, 4.69) is 27.4 Å². The van der Waals surface area contributed by atoms with E-state index >= 15 is 0 Å². The Morgan fingerprint density at radius 3 is 2.08 bits per heavy atom. The van der Waals surface area contributed by atoms with E-state index in [0.717, 1.165) is 30.7 Å². The molecular formula is C48H58N4O13S. The van der Waals surface area contributed by atoms with Gasteiger partial charge in [-0.25, -0.2) is 0 Å². The van der Waals surface area contributed by atoms with Crippen LogP contribution < -0.4 is 15.5 Å². The van der Waals surface area contributed by atoms with Crippen LogP contribution in [0.15, 0.2) is 78.9 Å². The van der Waals surface area contributed by atoms with Crippen LogP contribution in [0.3, 0.4) is 0 Å². The number of carbonyl (C=O) groups excluding carboxylic acids is 5. The summed E-state index contributed by atoms with van der Waals surface area (Å²) < 4.78 is 41.9. The van der Waals surface area contributed by atoms with Gasteiger partial charge in [0.25, 0.3) is 0 Å². The van der Waals surface area contributed by atoms with Crippen molar-refractivity contribution in [2.75, 3.05) is 43.1 Å². The molecule has 4 heterocycles. The summed E-state index contributed by atoms with van der Waals surface area (Å²) in [7, 11) is 0. The highest BCUT2D eigenvalue weighted by Gasteiger charge is 2.53. The van der Waals surface area contributed by atoms with Gasteiger partial charge in [0.1, 0.15) is 24.4 Å². The fourth-order valence-corrected chi connectivity index (χ4v) is 9.64. The molecule has 354 valence electrons. The fraction of sp³-hybridized carbons (Fsp3) is 0.500. The van der Waals surface area contributed by atoms with Crippen LogP contribution in [0.2, 0.25) is 0 Å². The summed E-state index contributed by atoms with van der Waals surface area (Å²) in [6, 6.07) is 25.2. The van der Waals surface area contributed by atoms with Gasteiger partial charge < -0.3 is 58.7 Å². The summed E-state index contributed by atoms with van der Waals surface area (Å²) in [5.74, 6) is -2.81. The lowest BCUT2D eigenvalue weighted by molar-refractivity contribution is -0.276. The van der Waals surface area contributed by atoms with Gasteiger partial charge in [0.05, 0.1) is 30.5 Å². The van der Waals surface area contributed by atoms with Crippen LogP contribution in [-0.4, -0.2) is 120 Å². The Bertz CT molecular complexity index is 2220. The van der Waals surface area contributed by atoms with Gasteiger partial charge in [-0.1, -0.05) is 73.7 Å². The molecule has 3 aromatic rings. The number of rotatable bonds is 14. The molecule has 0 aromatic heterocycles. The van der Waals surface area contributed by atoms with Crippen LogP contribution in [0, 0.1) is 5.92 Å². The molecule has 18 heteroatoms. The van der Waals surface area contributed by atoms with E-state index in [9.17, 15) is 29.1 Å². The summed E-state index contributed by atoms with van der Waals surface area (Å²) in [6.07, 6.45) is -6.18. The normalized spacial score (nSPS) is 27.3. The van der Waals surface area contributed by atoms with Crippen molar-refractivity contribution in [2.24, 2.45) is 5.92 Å². The van der Waals surface area contributed by atoms with Gasteiger partial charge in [-0.3, -0.25) is 24.0 Å². The molecule has 0 bridgehead atoms. The first-order chi connectivity index (χ1) is 31.6. The molecular weight excluding hydrogens is 873 g/mol. The van der Waals surface area contributed by atoms with Crippen molar-refractivity contribution in [2.45, 2.75) is 115 Å². The van der Waals surface area contributed by atoms with Crippen molar-refractivity contribution >= 4 is 58.4 Å². The number of aliphatic hydroxyl groups excluding tert-OH is 1. The number of ether oxygens (including phenoxy) is 7. The molecule has 0 saturated carbocycles. The van der Waals surface area contributed by atoms with Crippen LogP contribution in [0.25, 0.3) is 0 Å². The zero-order chi connectivity index (χ0) is 47.1. The van der Waals surface area contributed by atoms with Gasteiger partial charge in [0.2, 0.25) is 5.91 Å². The molecule has 1 unspecified atom stereocenters. The van der Waals surface area contributed by atoms with Crippen LogP contribution in [-0.2, 0) is 63.7 Å². The summed E-state index contributed by atoms with van der Waals surface area (Å²) in [6.45, 7) is 8.86. The maximum absolute atomic E-state index is 13.4. The van der Waals surface area contributed by atoms with Crippen molar-refractivity contribution in [3.05, 3.63) is 95.6 Å². The predicted octanol–water partition coefficient (Wildman–Crippen LogP) is 4.65. The Balaban J connectivity index is 1.09. The molecule has 3 aromatic carbocycles. The monoisotopic (exact) mass is 930 g/mol. The molecule has 17 nitrogen and oxygen atoms in total. The second-order valence-corrected chi connectivity index (χ2v) is 17.7. The number of anilines is 2. The van der Waals surface area contributed by atoms with Gasteiger partial charge in [0.15, 0.2) is 24.6 Å². The second kappa shape index (κ2) is 21.4. The van der Waals surface area contributed by atoms with Crippen molar-refractivity contribution in [3.63, 3.8) is 0 Å². The number of nitrogens with one attached hydrogen (secondary N) is 2. The van der Waals surface area contributed by atoms with Crippen molar-refractivity contribution in [3.8, 4) is 0 Å². The lowest BCUT2D eigenvalue weighted by Crippen LogP contribution is -2.62. The van der Waals surface area contributed by atoms with Gasteiger partial charge in [0, 0.05) is 76.6 Å². The quantitative estimate of drug-likeness (QED) is 0.115. The van der Waals surface area contributed by atoms with E-state index in [0.29, 0.717) is 50.4 Å². The number of hydrogen-bond acceptors (Lipinski definition) is 16. The van der Waals surface area contributed by atoms with E-state index in [4.69, 9.17) is 45.4 Å². The maximum atomic E-state index is 13.4. The van der Waals surface area contributed by atoms with Crippen LogP contribution in [0.4, 0.5) is 11.4 Å². The molecule has 1 spiro atoms. The molecule has 4 aliphatic rings. The Hall–Kier alpha value is -5.50. The molecule has 4 saturated heterocycles. The first-order valence-corrected chi connectivity index (χ1v) is 22.6. The molecule has 3 N–H and O–H groups in total. The Morgan fingerprint density at radius 2 is 1.44 bits per heavy atom. The SMILES string of the molecule is CC(=O)OC[C@H]1O[C@@H](CC(=S)Nc2cccc(C3O[C@H](CN4CCC5(CC4)C(=O)NCN5c4ccccc4)[C@H](C)[C@H](c4ccc(CO)cc4)O3)c2)[C@H](OC(C)=O)[C@@H](OC(C)=O)[C@@H]1OC(C)=O. The van der Waals surface area contributed by atoms with E-state index in [1.54, 1.807) is 0 Å². The number of nitrogens with zero attached hydrogens (tertiary/aromatic N) is 2. The Kier molecular flexibility index (Phi) is 15.7. The minimum Gasteiger partial charge on any atom is -0.463 e. The lowest BCUT2D eigenvalue weighted by Gasteiger charge is -2.46. The zero-order valence-electron chi connectivity index (χ0n) is 37.7. The Morgan fingerprint density at radius 1 is 0.788 bits per heavy atom. The number of aliphatic hydroxyl groups is 1. The molecule has 9 atom stereocenters. The molecule has 7 rings (SSSR count). The first kappa shape index (κ1) is 48.4. The van der Waals surface area contributed by atoms with E-state index in [-0.39, 0.29) is 48.7 Å². The first-order valence-electron chi connectivity index (χ1n) is 22.2. The number of likely N-dealkylation sites (tertiary alicyclic amines) is 1. The van der Waals surface area contributed by atoms with Crippen molar-refractivity contribution in [1.29, 1.82) is 0 Å². The maximum Gasteiger partial charge on any atom is 0.303 e. The highest BCUT2D eigenvalue weighted by Crippen LogP contribution is 2.43. The third kappa shape index (κ3) is 11.4. The molecule has 66 heavy (non-hydrogen) atoms. The average molecular weight is 931 g/mol. The number of para-hydroxylation sites is 1. The average Bonchev–Trinajstić information content (AvgIpc) is 3.60. The third-order valence-corrected chi connectivity index (χ3v) is 12.8. The van der Waals surface area contributed by atoms with E-state index in [1.165, 1.54) is 13.8 Å². The standard InChI is InChI=1S/C48H58N4O13S/c1-28-39(24-51-20-18-48(19-21-51)47(58)49-27-52(48)37-12-7-6-8-13-37)64-46(65-42(28)34-16-14-33(25-53)15-17-34)35-10-9-11-36(22-35)50-41(66)23-38-43(60-30(3)55)45(62-32(5)57)44(61-31(4)56)40(63-38)26-59-29(2)54/h6-17,22,28,38-40,42-46,53H,18-21,23-27H2,1-5H3,(H,49,58)(H,50,66)/t28-,38-,39+,40+,42+,43-,44+,45+,46?/m0/s1. The van der Waals surface area contributed by atoms with Gasteiger partial charge in [-0.15, -0.1) is 0 Å². The van der Waals surface area contributed by atoms with Gasteiger partial charge in [-0.2, -0.15) is 0 Å². The van der Waals surface area contributed by atoms with Crippen LogP contribution >= 0.6 is 12.2 Å². The molecule has 4 fully saturated rings. The van der Waals surface area contributed by atoms with Crippen molar-refractivity contribution in [1.82, 2.24) is 10.2 Å². The molecule has 4 aliphatic heterocycles. The zero-order valence-corrected chi connectivity index (χ0v) is 38.5. The summed E-state index contributed by atoms with van der Waals surface area (Å²) in [4.78, 5) is 67.0. The molecule has 1 amide bonds. The van der Waals surface area contributed by atoms with Crippen LogP contribution in [0.1, 0.15) is 83.0 Å². The van der Waals surface area contributed by atoms with Gasteiger partial charge >= 0.3 is 23.9 Å². The third-order valence-electron chi connectivity index (χ3n) is 12.6. The number of thiocarbonyl (C=S) groups is 1. The Labute approximate surface area is 389 Å². The summed E-state index contributed by atoms with van der Waals surface area (Å²) >= 11 is 5.84. The minimum absolute atomic E-state index is 0.0531. The van der Waals surface area contributed by atoms with E-state index < -0.39 is 66.2 Å². The molecule has 0 aliphatic carbocycles. The predicted molar refractivity (Wildman–Crippen MR) is 243 cm³/mol. The minimum atomic E-state index is -1.32. The highest BCUT2D eigenvalue weighted by atomic mass is 32.1.